The monoisotopic (exact) mass is 236 g/mol. The Kier molecular flexibility index (Phi) is 2.90. The van der Waals surface area contributed by atoms with E-state index in [4.69, 9.17) is 26.9 Å². The van der Waals surface area contributed by atoms with Gasteiger partial charge in [0.25, 0.3) is 0 Å². The van der Waals surface area contributed by atoms with Gasteiger partial charge in [0.2, 0.25) is 0 Å². The summed E-state index contributed by atoms with van der Waals surface area (Å²) in [6.45, 7) is 0. The number of alkyl halides is 1. The van der Waals surface area contributed by atoms with Crippen LogP contribution in [0.3, 0.4) is 0 Å². The van der Waals surface area contributed by atoms with Crippen molar-refractivity contribution < 1.29 is 29.7 Å². The zero-order valence-corrected chi connectivity index (χ0v) is 8.27. The van der Waals surface area contributed by atoms with Gasteiger partial charge in [-0.1, -0.05) is 0 Å². The molecule has 1 aliphatic carbocycles. The van der Waals surface area contributed by atoms with Crippen LogP contribution in [0.15, 0.2) is 0 Å². The van der Waals surface area contributed by atoms with E-state index in [1.807, 2.05) is 0 Å². The predicted octanol–water partition coefficient (Wildman–Crippen LogP) is 0.244. The SMILES string of the molecule is O=C(O)C1CC(C(=O)O)C(Cl)(C(=O)O)C1. The third-order valence-electron chi connectivity index (χ3n) is 2.62. The van der Waals surface area contributed by atoms with Crippen molar-refractivity contribution >= 4 is 29.5 Å². The lowest BCUT2D eigenvalue weighted by atomic mass is 9.95. The van der Waals surface area contributed by atoms with E-state index < -0.39 is 34.6 Å². The standard InChI is InChI=1S/C8H9ClO6/c9-8(7(14)15)2-3(5(10)11)1-4(8)6(12)13/h3-4H,1-2H2,(H,10,11)(H,12,13)(H,14,15). The first-order valence-corrected chi connectivity index (χ1v) is 4.54. The molecule has 6 nitrogen and oxygen atoms in total. The molecule has 3 unspecified atom stereocenters. The fourth-order valence-electron chi connectivity index (χ4n) is 1.78. The van der Waals surface area contributed by atoms with Gasteiger partial charge < -0.3 is 15.3 Å². The van der Waals surface area contributed by atoms with Crippen LogP contribution < -0.4 is 0 Å². The van der Waals surface area contributed by atoms with Gasteiger partial charge in [0.05, 0.1) is 11.8 Å². The highest BCUT2D eigenvalue weighted by Crippen LogP contribution is 2.45. The molecule has 0 aliphatic heterocycles. The summed E-state index contributed by atoms with van der Waals surface area (Å²) in [5.74, 6) is -6.46. The van der Waals surface area contributed by atoms with Gasteiger partial charge >= 0.3 is 17.9 Å². The number of carboxylic acids is 3. The van der Waals surface area contributed by atoms with Crippen molar-refractivity contribution in [3.63, 3.8) is 0 Å². The van der Waals surface area contributed by atoms with Gasteiger partial charge in [0.1, 0.15) is 0 Å². The minimum Gasteiger partial charge on any atom is -0.481 e. The Morgan fingerprint density at radius 1 is 1.13 bits per heavy atom. The zero-order valence-electron chi connectivity index (χ0n) is 7.51. The molecule has 0 amide bonds. The predicted molar refractivity (Wildman–Crippen MR) is 47.7 cm³/mol. The maximum atomic E-state index is 10.8. The normalized spacial score (nSPS) is 35.0. The van der Waals surface area contributed by atoms with E-state index in [2.05, 4.69) is 0 Å². The Morgan fingerprint density at radius 2 is 1.67 bits per heavy atom. The first kappa shape index (κ1) is 11.8. The highest BCUT2D eigenvalue weighted by atomic mass is 35.5. The van der Waals surface area contributed by atoms with E-state index in [-0.39, 0.29) is 12.8 Å². The molecule has 1 aliphatic rings. The summed E-state index contributed by atoms with van der Waals surface area (Å²) in [4.78, 5) is 30.2. The largest absolute Gasteiger partial charge is 0.481 e. The molecule has 0 saturated heterocycles. The van der Waals surface area contributed by atoms with Gasteiger partial charge in [-0.25, -0.2) is 0 Å². The van der Waals surface area contributed by atoms with Gasteiger partial charge in [0.15, 0.2) is 4.87 Å². The zero-order chi connectivity index (χ0) is 11.8. The van der Waals surface area contributed by atoms with E-state index in [0.29, 0.717) is 0 Å². The summed E-state index contributed by atoms with van der Waals surface area (Å²) >= 11 is 5.66. The Balaban J connectivity index is 3.00. The number of aliphatic carboxylic acids is 3. The van der Waals surface area contributed by atoms with Gasteiger partial charge in [-0.15, -0.1) is 11.6 Å². The van der Waals surface area contributed by atoms with Crippen LogP contribution in [-0.2, 0) is 14.4 Å². The van der Waals surface area contributed by atoms with E-state index >= 15 is 0 Å². The van der Waals surface area contributed by atoms with Crippen molar-refractivity contribution in [3.8, 4) is 0 Å². The smallest absolute Gasteiger partial charge is 0.325 e. The lowest BCUT2D eigenvalue weighted by Crippen LogP contribution is -2.40. The number of halogens is 1. The van der Waals surface area contributed by atoms with Crippen molar-refractivity contribution in [1.82, 2.24) is 0 Å². The molecule has 3 N–H and O–H groups in total. The second kappa shape index (κ2) is 3.69. The van der Waals surface area contributed by atoms with Crippen LogP contribution in [0.2, 0.25) is 0 Å². The van der Waals surface area contributed by atoms with Crippen molar-refractivity contribution in [2.75, 3.05) is 0 Å². The first-order valence-electron chi connectivity index (χ1n) is 4.17. The molecule has 0 bridgehead atoms. The van der Waals surface area contributed by atoms with Crippen LogP contribution in [0.4, 0.5) is 0 Å². The molecule has 1 saturated carbocycles. The molecule has 0 spiro atoms. The maximum absolute atomic E-state index is 10.8. The quantitative estimate of drug-likeness (QED) is 0.606. The molecule has 3 atom stereocenters. The summed E-state index contributed by atoms with van der Waals surface area (Å²) in [6.07, 6.45) is -0.614. The average molecular weight is 237 g/mol. The van der Waals surface area contributed by atoms with Crippen molar-refractivity contribution in [2.45, 2.75) is 17.7 Å². The highest BCUT2D eigenvalue weighted by Gasteiger charge is 2.57. The molecule has 84 valence electrons. The molecule has 1 rings (SSSR count). The van der Waals surface area contributed by atoms with E-state index in [1.54, 1.807) is 0 Å². The van der Waals surface area contributed by atoms with Crippen LogP contribution in [0.25, 0.3) is 0 Å². The lowest BCUT2D eigenvalue weighted by molar-refractivity contribution is -0.150. The molecule has 1 fully saturated rings. The van der Waals surface area contributed by atoms with Crippen LogP contribution in [0, 0.1) is 11.8 Å². The molecule has 0 aromatic carbocycles. The van der Waals surface area contributed by atoms with Gasteiger partial charge in [0, 0.05) is 0 Å². The fourth-order valence-corrected chi connectivity index (χ4v) is 2.15. The Morgan fingerprint density at radius 3 is 1.93 bits per heavy atom. The third-order valence-corrected chi connectivity index (χ3v) is 3.20. The lowest BCUT2D eigenvalue weighted by Gasteiger charge is -2.20. The second-order valence-corrected chi connectivity index (χ2v) is 4.21. The van der Waals surface area contributed by atoms with Gasteiger partial charge in [-0.3, -0.25) is 14.4 Å². The molecule has 0 aromatic rings. The van der Waals surface area contributed by atoms with Gasteiger partial charge in [-0.2, -0.15) is 0 Å². The molecule has 7 heteroatoms. The van der Waals surface area contributed by atoms with Gasteiger partial charge in [-0.05, 0) is 12.8 Å². The van der Waals surface area contributed by atoms with Crippen LogP contribution in [0.5, 0.6) is 0 Å². The Hall–Kier alpha value is -1.30. The Bertz CT molecular complexity index is 327. The van der Waals surface area contributed by atoms with Crippen LogP contribution in [0.1, 0.15) is 12.8 Å². The summed E-state index contributed by atoms with van der Waals surface area (Å²) in [6, 6.07) is 0. The van der Waals surface area contributed by atoms with Crippen LogP contribution in [-0.4, -0.2) is 38.1 Å². The van der Waals surface area contributed by atoms with E-state index in [9.17, 15) is 14.4 Å². The number of carboxylic acid groups (broad SMARTS) is 3. The number of hydrogen-bond acceptors (Lipinski definition) is 3. The van der Waals surface area contributed by atoms with Crippen molar-refractivity contribution in [3.05, 3.63) is 0 Å². The number of rotatable bonds is 3. The molecule has 0 radical (unpaired) electrons. The second-order valence-electron chi connectivity index (χ2n) is 3.53. The maximum Gasteiger partial charge on any atom is 0.325 e. The summed E-state index contributed by atoms with van der Waals surface area (Å²) in [5, 5.41) is 26.2. The van der Waals surface area contributed by atoms with E-state index in [1.165, 1.54) is 0 Å². The Labute approximate surface area is 89.5 Å². The highest BCUT2D eigenvalue weighted by molar-refractivity contribution is 6.35. The fraction of sp³-hybridized carbons (Fsp3) is 0.625. The minimum atomic E-state index is -2.01. The molecule has 0 heterocycles. The molecular weight excluding hydrogens is 228 g/mol. The van der Waals surface area contributed by atoms with Crippen LogP contribution >= 0.6 is 11.6 Å². The number of carbonyl (C=O) groups is 3. The summed E-state index contributed by atoms with van der Waals surface area (Å²) in [5.41, 5.74) is 0. The minimum absolute atomic E-state index is 0.250. The molecule has 15 heavy (non-hydrogen) atoms. The average Bonchev–Trinajstić information content (AvgIpc) is 2.44. The first-order chi connectivity index (χ1) is 6.79. The number of hydrogen-bond donors (Lipinski definition) is 3. The molecular formula is C8H9ClO6. The topological polar surface area (TPSA) is 112 Å². The summed E-state index contributed by atoms with van der Waals surface area (Å²) in [7, 11) is 0. The third kappa shape index (κ3) is 1.90. The summed E-state index contributed by atoms with van der Waals surface area (Å²) < 4.78 is 0. The van der Waals surface area contributed by atoms with Crippen molar-refractivity contribution in [2.24, 2.45) is 11.8 Å². The van der Waals surface area contributed by atoms with E-state index in [0.717, 1.165) is 0 Å². The van der Waals surface area contributed by atoms with Crippen molar-refractivity contribution in [1.29, 1.82) is 0 Å². The molecule has 0 aromatic heterocycles.